The molecule has 24 heavy (non-hydrogen) atoms. The van der Waals surface area contributed by atoms with Crippen LogP contribution in [-0.4, -0.2) is 32.2 Å². The first kappa shape index (κ1) is 20.7. The second-order valence-electron chi connectivity index (χ2n) is 5.74. The van der Waals surface area contributed by atoms with E-state index in [9.17, 15) is 9.59 Å². The van der Waals surface area contributed by atoms with Crippen LogP contribution in [0.25, 0.3) is 0 Å². The van der Waals surface area contributed by atoms with Gasteiger partial charge in [0.2, 0.25) is 0 Å². The van der Waals surface area contributed by atoms with Crippen LogP contribution in [0.3, 0.4) is 0 Å². The van der Waals surface area contributed by atoms with Crippen molar-refractivity contribution in [1.82, 2.24) is 0 Å². The Kier molecular flexibility index (Phi) is 12.1. The monoisotopic (exact) mass is 396 g/mol. The van der Waals surface area contributed by atoms with Gasteiger partial charge in [-0.25, -0.2) is 4.79 Å². The number of unbranched alkanes of at least 4 members (excludes halogenated alkanes) is 7. The first-order valence-electron chi connectivity index (χ1n) is 8.77. The molecule has 0 N–H and O–H groups in total. The molecule has 1 aromatic carbocycles. The Morgan fingerprint density at radius 1 is 0.917 bits per heavy atom. The molecule has 0 aliphatic rings. The van der Waals surface area contributed by atoms with Crippen molar-refractivity contribution < 1.29 is 14.3 Å². The van der Waals surface area contributed by atoms with Crippen LogP contribution in [0, 0.1) is 0 Å². The summed E-state index contributed by atoms with van der Waals surface area (Å²) in [6.07, 6.45) is 11.0. The molecule has 0 aromatic heterocycles. The van der Waals surface area contributed by atoms with Gasteiger partial charge in [0.15, 0.2) is 0 Å². The summed E-state index contributed by atoms with van der Waals surface area (Å²) in [7, 11) is 0. The van der Waals surface area contributed by atoms with Gasteiger partial charge >= 0.3 is 134 Å². The molecule has 132 valence electrons. The van der Waals surface area contributed by atoms with Crippen LogP contribution in [-0.2, 0) is 14.3 Å². The van der Waals surface area contributed by atoms with Crippen molar-refractivity contribution >= 4 is 30.1 Å². The molecular formula is C20H28O3Se. The van der Waals surface area contributed by atoms with Crippen LogP contribution in [0.1, 0.15) is 57.8 Å². The van der Waals surface area contributed by atoms with Gasteiger partial charge in [-0.3, -0.25) is 0 Å². The van der Waals surface area contributed by atoms with Crippen LogP contribution >= 0.6 is 0 Å². The molecule has 0 aliphatic heterocycles. The molecular weight excluding hydrogens is 367 g/mol. The van der Waals surface area contributed by atoms with E-state index < -0.39 is 0 Å². The van der Waals surface area contributed by atoms with Crippen molar-refractivity contribution in [3.63, 3.8) is 0 Å². The number of esters is 1. The average molecular weight is 395 g/mol. The van der Waals surface area contributed by atoms with Gasteiger partial charge in [-0.05, 0) is 0 Å². The summed E-state index contributed by atoms with van der Waals surface area (Å²) in [4.78, 5) is 22.7. The van der Waals surface area contributed by atoms with Gasteiger partial charge in [0, 0.05) is 6.08 Å². The number of carbonyl (C=O) groups excluding carboxylic acids is 2. The van der Waals surface area contributed by atoms with Gasteiger partial charge in [0.25, 0.3) is 0 Å². The molecule has 0 heterocycles. The Hall–Kier alpha value is -1.38. The fourth-order valence-electron chi connectivity index (χ4n) is 2.33. The molecule has 0 atom stereocenters. The third kappa shape index (κ3) is 11.2. The molecule has 0 radical (unpaired) electrons. The van der Waals surface area contributed by atoms with Gasteiger partial charge in [-0.15, -0.1) is 0 Å². The van der Waals surface area contributed by atoms with E-state index in [-0.39, 0.29) is 20.9 Å². The fraction of sp³-hybridized carbons (Fsp3) is 0.500. The molecule has 0 bridgehead atoms. The van der Waals surface area contributed by atoms with Gasteiger partial charge in [0.1, 0.15) is 0 Å². The summed E-state index contributed by atoms with van der Waals surface area (Å²) in [5.74, 6) is -0.335. The summed E-state index contributed by atoms with van der Waals surface area (Å²) in [5.41, 5.74) is 0. The molecule has 0 fully saturated rings. The second-order valence-corrected chi connectivity index (χ2v) is 8.11. The minimum absolute atomic E-state index is 0.0175. The molecule has 0 saturated heterocycles. The summed E-state index contributed by atoms with van der Waals surface area (Å²) in [6.45, 7) is 3.86. The van der Waals surface area contributed by atoms with Crippen molar-refractivity contribution in [2.24, 2.45) is 0 Å². The number of hydrogen-bond donors (Lipinski definition) is 0. The first-order valence-corrected chi connectivity index (χ1v) is 10.5. The van der Waals surface area contributed by atoms with Gasteiger partial charge < -0.3 is 0 Å². The number of rotatable bonds is 14. The third-order valence-corrected chi connectivity index (χ3v) is 5.63. The number of carbonyl (C=O) groups is 2. The predicted molar refractivity (Wildman–Crippen MR) is 99.5 cm³/mol. The molecule has 0 unspecified atom stereocenters. The number of benzene rings is 1. The molecule has 0 amide bonds. The molecule has 1 rings (SSSR count). The Balaban J connectivity index is 1.86. The molecule has 0 aliphatic carbocycles. The summed E-state index contributed by atoms with van der Waals surface area (Å²) in [6, 6.07) is 10.0. The Morgan fingerprint density at radius 2 is 1.50 bits per heavy atom. The predicted octanol–water partition coefficient (Wildman–Crippen LogP) is 3.78. The Bertz CT molecular complexity index is 485. The molecule has 0 saturated carbocycles. The zero-order valence-electron chi connectivity index (χ0n) is 14.4. The first-order chi connectivity index (χ1) is 11.7. The van der Waals surface area contributed by atoms with Crippen molar-refractivity contribution in [3.8, 4) is 0 Å². The van der Waals surface area contributed by atoms with E-state index in [1.54, 1.807) is 0 Å². The zero-order chi connectivity index (χ0) is 17.5. The maximum atomic E-state index is 11.9. The van der Waals surface area contributed by atoms with Crippen LogP contribution in [0.4, 0.5) is 0 Å². The van der Waals surface area contributed by atoms with Gasteiger partial charge in [-0.2, -0.15) is 0 Å². The SMILES string of the molecule is C=CC(=O)OCCCCCCCCCCC(=O)[Se]c1ccccc1. The van der Waals surface area contributed by atoms with Gasteiger partial charge in [-0.1, -0.05) is 6.58 Å². The maximum absolute atomic E-state index is 11.9. The van der Waals surface area contributed by atoms with Crippen molar-refractivity contribution in [2.75, 3.05) is 6.61 Å². The van der Waals surface area contributed by atoms with Gasteiger partial charge in [0.05, 0.1) is 0 Å². The third-order valence-electron chi connectivity index (χ3n) is 3.66. The van der Waals surface area contributed by atoms with E-state index >= 15 is 0 Å². The Labute approximate surface area is 152 Å². The summed E-state index contributed by atoms with van der Waals surface area (Å²) >= 11 is -0.0175. The van der Waals surface area contributed by atoms with E-state index in [1.165, 1.54) is 36.2 Å². The zero-order valence-corrected chi connectivity index (χ0v) is 16.1. The number of hydrogen-bond acceptors (Lipinski definition) is 3. The molecule has 1 aromatic rings. The normalized spacial score (nSPS) is 10.3. The quantitative estimate of drug-likeness (QED) is 0.208. The Morgan fingerprint density at radius 3 is 2.12 bits per heavy atom. The molecule has 4 heteroatoms. The van der Waals surface area contributed by atoms with E-state index in [0.717, 1.165) is 32.1 Å². The van der Waals surface area contributed by atoms with Crippen molar-refractivity contribution in [1.29, 1.82) is 0 Å². The van der Waals surface area contributed by atoms with E-state index in [4.69, 9.17) is 4.74 Å². The fourth-order valence-corrected chi connectivity index (χ4v) is 4.02. The van der Waals surface area contributed by atoms with Crippen molar-refractivity contribution in [3.05, 3.63) is 43.0 Å². The summed E-state index contributed by atoms with van der Waals surface area (Å²) < 4.78 is 6.51. The van der Waals surface area contributed by atoms with Crippen molar-refractivity contribution in [2.45, 2.75) is 57.8 Å². The second kappa shape index (κ2) is 14.0. The molecule has 0 spiro atoms. The van der Waals surface area contributed by atoms with E-state index in [0.29, 0.717) is 11.3 Å². The van der Waals surface area contributed by atoms with Crippen LogP contribution in [0.2, 0.25) is 0 Å². The van der Waals surface area contributed by atoms with E-state index in [2.05, 4.69) is 6.58 Å². The molecule has 3 nitrogen and oxygen atoms in total. The summed E-state index contributed by atoms with van der Waals surface area (Å²) in [5, 5.41) is 0. The van der Waals surface area contributed by atoms with Crippen LogP contribution in [0.15, 0.2) is 43.0 Å². The van der Waals surface area contributed by atoms with Crippen LogP contribution < -0.4 is 4.46 Å². The van der Waals surface area contributed by atoms with Crippen LogP contribution in [0.5, 0.6) is 0 Å². The average Bonchev–Trinajstić information content (AvgIpc) is 2.60. The minimum atomic E-state index is -0.335. The topological polar surface area (TPSA) is 43.4 Å². The van der Waals surface area contributed by atoms with E-state index in [1.807, 2.05) is 30.3 Å². The standard InChI is InChI=1S/C20H28O3Se/c1-2-19(21)23-17-13-8-6-4-3-5-7-12-16-20(22)24-18-14-10-9-11-15-18/h2,9-11,14-15H,1,3-8,12-13,16-17H2. The number of ether oxygens (including phenoxy) is 1.